The quantitative estimate of drug-likeness (QED) is 0.278. The Morgan fingerprint density at radius 2 is 1.61 bits per heavy atom. The van der Waals surface area contributed by atoms with E-state index in [0.29, 0.717) is 5.56 Å². The highest BCUT2D eigenvalue weighted by atomic mass is 16.3. The van der Waals surface area contributed by atoms with Gasteiger partial charge in [0.2, 0.25) is 5.78 Å². The van der Waals surface area contributed by atoms with Crippen LogP contribution in [0.2, 0.25) is 0 Å². The van der Waals surface area contributed by atoms with Crippen LogP contribution < -0.4 is 5.73 Å². The summed E-state index contributed by atoms with van der Waals surface area (Å²) in [5.41, 5.74) is 5.23. The SMILES string of the molecule is CN(C)Cc1ccc(-c2ccc(O)c3c2C[C@H]2C[C@H]4[C@@H](N(C)C)C(=O)C(C(N)=O)=C(O)[C@@]4(O)C(=O)C2=C3O)c2ccccc12. The Balaban J connectivity index is 1.56. The van der Waals surface area contributed by atoms with Crippen molar-refractivity contribution in [3.05, 3.63) is 82.1 Å². The molecule has 10 nitrogen and oxygen atoms in total. The number of ketones is 2. The zero-order valence-corrected chi connectivity index (χ0v) is 25.0. The van der Waals surface area contributed by atoms with Gasteiger partial charge in [0.05, 0.1) is 11.6 Å². The molecule has 3 aromatic rings. The lowest BCUT2D eigenvalue weighted by Crippen LogP contribution is -2.65. The Hall–Kier alpha value is -4.51. The molecule has 228 valence electrons. The molecule has 0 radical (unpaired) electrons. The van der Waals surface area contributed by atoms with Crippen molar-refractivity contribution in [3.8, 4) is 16.9 Å². The first-order valence-corrected chi connectivity index (χ1v) is 14.4. The lowest BCUT2D eigenvalue weighted by atomic mass is 9.57. The number of phenols is 1. The van der Waals surface area contributed by atoms with Crippen LogP contribution in [0.15, 0.2) is 65.4 Å². The van der Waals surface area contributed by atoms with Crippen LogP contribution in [0.3, 0.4) is 0 Å². The Morgan fingerprint density at radius 3 is 2.25 bits per heavy atom. The van der Waals surface area contributed by atoms with Gasteiger partial charge < -0.3 is 31.1 Å². The zero-order valence-electron chi connectivity index (χ0n) is 25.0. The zero-order chi connectivity index (χ0) is 31.8. The molecule has 0 heterocycles. The number of Topliss-reactive ketones (excluding diaryl/α,β-unsaturated/α-hetero) is 2. The second-order valence-corrected chi connectivity index (χ2v) is 12.5. The maximum Gasteiger partial charge on any atom is 0.255 e. The number of carbonyl (C=O) groups is 3. The van der Waals surface area contributed by atoms with E-state index in [0.717, 1.165) is 34.0 Å². The second-order valence-electron chi connectivity index (χ2n) is 12.5. The minimum Gasteiger partial charge on any atom is -0.508 e. The molecule has 1 amide bonds. The molecule has 44 heavy (non-hydrogen) atoms. The van der Waals surface area contributed by atoms with Gasteiger partial charge >= 0.3 is 0 Å². The van der Waals surface area contributed by atoms with Gasteiger partial charge in [-0.05, 0) is 86.0 Å². The molecule has 0 spiro atoms. The number of hydrogen-bond acceptors (Lipinski definition) is 9. The summed E-state index contributed by atoms with van der Waals surface area (Å²) in [6.45, 7) is 0.736. The largest absolute Gasteiger partial charge is 0.508 e. The molecular formula is C34H35N3O7. The van der Waals surface area contributed by atoms with E-state index in [4.69, 9.17) is 5.73 Å². The Morgan fingerprint density at radius 1 is 0.955 bits per heavy atom. The molecule has 3 aromatic carbocycles. The van der Waals surface area contributed by atoms with E-state index >= 15 is 0 Å². The highest BCUT2D eigenvalue weighted by Crippen LogP contribution is 2.54. The van der Waals surface area contributed by atoms with Crippen LogP contribution in [0.1, 0.15) is 23.1 Å². The normalized spacial score (nSPS) is 25.0. The van der Waals surface area contributed by atoms with Crippen molar-refractivity contribution in [1.82, 2.24) is 9.80 Å². The van der Waals surface area contributed by atoms with Gasteiger partial charge in [-0.2, -0.15) is 0 Å². The molecule has 1 fully saturated rings. The number of aromatic hydroxyl groups is 1. The minimum atomic E-state index is -2.67. The van der Waals surface area contributed by atoms with Crippen LogP contribution in [0.4, 0.5) is 0 Å². The van der Waals surface area contributed by atoms with Crippen LogP contribution in [0.25, 0.3) is 27.7 Å². The fourth-order valence-corrected chi connectivity index (χ4v) is 7.57. The van der Waals surface area contributed by atoms with Crippen LogP contribution in [0.5, 0.6) is 5.75 Å². The average Bonchev–Trinajstić information content (AvgIpc) is 2.95. The summed E-state index contributed by atoms with van der Waals surface area (Å²) in [6, 6.07) is 14.2. The highest BCUT2D eigenvalue weighted by Gasteiger charge is 2.64. The van der Waals surface area contributed by atoms with E-state index in [1.54, 1.807) is 20.2 Å². The molecule has 0 saturated heterocycles. The van der Waals surface area contributed by atoms with Crippen molar-refractivity contribution in [2.24, 2.45) is 17.6 Å². The van der Waals surface area contributed by atoms with Gasteiger partial charge in [0, 0.05) is 18.0 Å². The predicted octanol–water partition coefficient (Wildman–Crippen LogP) is 2.85. The molecule has 6 N–H and O–H groups in total. The van der Waals surface area contributed by atoms with Gasteiger partial charge in [-0.1, -0.05) is 42.5 Å². The summed E-state index contributed by atoms with van der Waals surface area (Å²) in [4.78, 5) is 43.3. The van der Waals surface area contributed by atoms with E-state index < -0.39 is 58.0 Å². The molecule has 0 unspecified atom stereocenters. The number of hydrogen-bond donors (Lipinski definition) is 5. The van der Waals surface area contributed by atoms with E-state index in [1.807, 2.05) is 38.4 Å². The third-order valence-corrected chi connectivity index (χ3v) is 9.40. The number of rotatable bonds is 5. The van der Waals surface area contributed by atoms with Crippen molar-refractivity contribution in [3.63, 3.8) is 0 Å². The monoisotopic (exact) mass is 597 g/mol. The number of nitrogens with zero attached hydrogens (tertiary/aromatic N) is 2. The second kappa shape index (κ2) is 10.3. The first-order chi connectivity index (χ1) is 20.8. The third-order valence-electron chi connectivity index (χ3n) is 9.40. The first-order valence-electron chi connectivity index (χ1n) is 14.4. The lowest BCUT2D eigenvalue weighted by Gasteiger charge is -2.50. The van der Waals surface area contributed by atoms with Gasteiger partial charge in [0.1, 0.15) is 22.8 Å². The maximum atomic E-state index is 14.1. The topological polar surface area (TPSA) is 165 Å². The Labute approximate surface area is 254 Å². The van der Waals surface area contributed by atoms with Gasteiger partial charge in [0.15, 0.2) is 11.4 Å². The summed E-state index contributed by atoms with van der Waals surface area (Å²) in [5.74, 6) is -6.71. The molecule has 0 bridgehead atoms. The van der Waals surface area contributed by atoms with E-state index in [2.05, 4.69) is 17.0 Å². The van der Waals surface area contributed by atoms with Gasteiger partial charge in [-0.15, -0.1) is 0 Å². The van der Waals surface area contributed by atoms with Crippen LogP contribution >= 0.6 is 0 Å². The minimum absolute atomic E-state index is 0.0311. The molecule has 3 aliphatic carbocycles. The fraction of sp³-hybridized carbons (Fsp3) is 0.324. The standard InChI is InChI=1S/C34H35N3O7/c1-36(2)15-16-9-10-20(19-8-6-5-7-18(16)19)21-11-12-24(38)26-22(21)13-17-14-23-28(37(3)4)30(40)27(33(35)43)32(42)34(23,44)31(41)25(17)29(26)39/h5-12,17,23,28,38-39,42,44H,13-15H2,1-4H3,(H2,35,43)/t17-,23-,28+,34-/m0/s1. The Bertz CT molecular complexity index is 1840. The van der Waals surface area contributed by atoms with Gasteiger partial charge in [0.25, 0.3) is 5.91 Å². The predicted molar refractivity (Wildman–Crippen MR) is 165 cm³/mol. The summed E-state index contributed by atoms with van der Waals surface area (Å²) in [5, 5.41) is 47.6. The number of benzene rings is 3. The average molecular weight is 598 g/mol. The number of amides is 1. The number of primary amides is 1. The number of aliphatic hydroxyl groups is 3. The van der Waals surface area contributed by atoms with Crippen LogP contribution in [-0.2, 0) is 27.3 Å². The smallest absolute Gasteiger partial charge is 0.255 e. The van der Waals surface area contributed by atoms with E-state index in [-0.39, 0.29) is 29.7 Å². The van der Waals surface area contributed by atoms with E-state index in [9.17, 15) is 34.8 Å². The molecule has 10 heteroatoms. The number of carbonyl (C=O) groups excluding carboxylic acids is 3. The first kappa shape index (κ1) is 29.6. The van der Waals surface area contributed by atoms with Crippen molar-refractivity contribution >= 4 is 34.0 Å². The summed E-state index contributed by atoms with van der Waals surface area (Å²) in [6.07, 6.45) is 0.245. The van der Waals surface area contributed by atoms with Crippen molar-refractivity contribution in [1.29, 1.82) is 0 Å². The van der Waals surface area contributed by atoms with Crippen LogP contribution in [-0.4, -0.2) is 87.5 Å². The number of fused-ring (bicyclic) bond motifs is 4. The molecule has 0 aromatic heterocycles. The molecular weight excluding hydrogens is 562 g/mol. The molecule has 1 saturated carbocycles. The number of nitrogens with two attached hydrogens (primary N) is 1. The summed E-state index contributed by atoms with van der Waals surface area (Å²) < 4.78 is 0. The Kier molecular flexibility index (Phi) is 6.92. The summed E-state index contributed by atoms with van der Waals surface area (Å²) >= 11 is 0. The fourth-order valence-electron chi connectivity index (χ4n) is 7.57. The van der Waals surface area contributed by atoms with Crippen LogP contribution in [0, 0.1) is 11.8 Å². The molecule has 0 aliphatic heterocycles. The van der Waals surface area contributed by atoms with Gasteiger partial charge in [-0.25, -0.2) is 0 Å². The highest BCUT2D eigenvalue weighted by molar-refractivity contribution is 6.24. The lowest BCUT2D eigenvalue weighted by molar-refractivity contribution is -0.153. The summed E-state index contributed by atoms with van der Waals surface area (Å²) in [7, 11) is 7.16. The van der Waals surface area contributed by atoms with Crippen molar-refractivity contribution in [2.75, 3.05) is 28.2 Å². The maximum absolute atomic E-state index is 14.1. The third kappa shape index (κ3) is 4.09. The number of phenolic OH excluding ortho intramolecular Hbond substituents is 1. The molecule has 3 aliphatic rings. The molecule has 4 atom stereocenters. The van der Waals surface area contributed by atoms with Gasteiger partial charge in [-0.3, -0.25) is 19.3 Å². The van der Waals surface area contributed by atoms with Crippen molar-refractivity contribution in [2.45, 2.75) is 31.0 Å². The number of aliphatic hydroxyl groups excluding tert-OH is 2. The van der Waals surface area contributed by atoms with Crippen molar-refractivity contribution < 1.29 is 34.8 Å². The number of likely N-dealkylation sites (N-methyl/N-ethyl adjacent to an activating group) is 1. The molecule has 6 rings (SSSR count). The van der Waals surface area contributed by atoms with E-state index in [1.165, 1.54) is 11.0 Å².